The molecule has 0 radical (unpaired) electrons. The molecule has 1 aliphatic rings. The van der Waals surface area contributed by atoms with Gasteiger partial charge in [0.05, 0.1) is 12.0 Å². The van der Waals surface area contributed by atoms with Crippen LogP contribution in [-0.2, 0) is 24.7 Å². The molecule has 5 heteroatoms. The first kappa shape index (κ1) is 12.5. The van der Waals surface area contributed by atoms with Crippen LogP contribution in [0.25, 0.3) is 0 Å². The Kier molecular flexibility index (Phi) is 3.60. The number of aryl methyl sites for hydroxylation is 2. The van der Waals surface area contributed by atoms with Gasteiger partial charge in [-0.1, -0.05) is 6.58 Å². The number of rotatable bonds is 2. The molecule has 5 nitrogen and oxygen atoms in total. The van der Waals surface area contributed by atoms with Crippen molar-refractivity contribution in [1.82, 2.24) is 14.9 Å². The van der Waals surface area contributed by atoms with Crippen molar-refractivity contribution in [2.24, 2.45) is 7.05 Å². The third-order valence-electron chi connectivity index (χ3n) is 3.32. The summed E-state index contributed by atoms with van der Waals surface area (Å²) in [6.07, 6.45) is 5.81. The summed E-state index contributed by atoms with van der Waals surface area (Å²) in [4.78, 5) is 27.5. The molecule has 0 aromatic carbocycles. The van der Waals surface area contributed by atoms with Crippen LogP contribution in [0.3, 0.4) is 0 Å². The van der Waals surface area contributed by atoms with Crippen molar-refractivity contribution >= 4 is 5.91 Å². The Morgan fingerprint density at radius 2 is 2.28 bits per heavy atom. The molecule has 0 bridgehead atoms. The second kappa shape index (κ2) is 5.16. The Balaban J connectivity index is 2.17. The minimum absolute atomic E-state index is 0.0238. The van der Waals surface area contributed by atoms with E-state index in [0.29, 0.717) is 6.42 Å². The van der Waals surface area contributed by atoms with Crippen molar-refractivity contribution in [2.75, 3.05) is 0 Å². The van der Waals surface area contributed by atoms with Gasteiger partial charge in [0, 0.05) is 18.7 Å². The maximum Gasteiger partial charge on any atom is 0.256 e. The van der Waals surface area contributed by atoms with Gasteiger partial charge in [0.1, 0.15) is 0 Å². The van der Waals surface area contributed by atoms with Gasteiger partial charge in [-0.3, -0.25) is 9.59 Å². The number of amides is 1. The number of aromatic nitrogens is 2. The van der Waals surface area contributed by atoms with Crippen molar-refractivity contribution < 1.29 is 4.79 Å². The molecule has 96 valence electrons. The first-order valence-electron chi connectivity index (χ1n) is 6.08. The van der Waals surface area contributed by atoms with E-state index in [2.05, 4.69) is 16.9 Å². The Morgan fingerprint density at radius 1 is 1.56 bits per heavy atom. The Hall–Kier alpha value is -1.91. The van der Waals surface area contributed by atoms with Gasteiger partial charge in [-0.05, 0) is 31.8 Å². The fourth-order valence-corrected chi connectivity index (χ4v) is 2.27. The van der Waals surface area contributed by atoms with E-state index in [9.17, 15) is 9.59 Å². The van der Waals surface area contributed by atoms with Gasteiger partial charge in [0.25, 0.3) is 5.56 Å². The molecule has 0 saturated heterocycles. The van der Waals surface area contributed by atoms with Crippen molar-refractivity contribution in [3.8, 4) is 0 Å². The van der Waals surface area contributed by atoms with E-state index in [0.717, 1.165) is 30.5 Å². The van der Waals surface area contributed by atoms with Crippen LogP contribution in [0, 0.1) is 0 Å². The molecular formula is C13H17N3O2. The molecule has 1 atom stereocenters. The van der Waals surface area contributed by atoms with Gasteiger partial charge in [0.2, 0.25) is 5.91 Å². The van der Waals surface area contributed by atoms with Crippen LogP contribution in [0.5, 0.6) is 0 Å². The SMILES string of the molecule is C=CC(=O)NC1CCc2ncn(C)c(=O)c2CC1. The van der Waals surface area contributed by atoms with E-state index in [-0.39, 0.29) is 17.5 Å². The predicted molar refractivity (Wildman–Crippen MR) is 68.2 cm³/mol. The van der Waals surface area contributed by atoms with Crippen molar-refractivity contribution in [1.29, 1.82) is 0 Å². The van der Waals surface area contributed by atoms with Crippen LogP contribution >= 0.6 is 0 Å². The molecule has 1 N–H and O–H groups in total. The number of carbonyl (C=O) groups is 1. The molecule has 1 unspecified atom stereocenters. The Labute approximate surface area is 106 Å². The lowest BCUT2D eigenvalue weighted by Crippen LogP contribution is -2.33. The van der Waals surface area contributed by atoms with Gasteiger partial charge in [-0.25, -0.2) is 4.98 Å². The van der Waals surface area contributed by atoms with Crippen LogP contribution in [0.15, 0.2) is 23.8 Å². The third kappa shape index (κ3) is 2.50. The number of fused-ring (bicyclic) bond motifs is 1. The molecule has 18 heavy (non-hydrogen) atoms. The second-order valence-electron chi connectivity index (χ2n) is 4.57. The summed E-state index contributed by atoms with van der Waals surface area (Å²) in [5.41, 5.74) is 1.68. The van der Waals surface area contributed by atoms with Crippen LogP contribution in [-0.4, -0.2) is 21.5 Å². The highest BCUT2D eigenvalue weighted by Gasteiger charge is 2.20. The van der Waals surface area contributed by atoms with Gasteiger partial charge < -0.3 is 9.88 Å². The van der Waals surface area contributed by atoms with Crippen molar-refractivity contribution in [3.05, 3.63) is 40.6 Å². The van der Waals surface area contributed by atoms with Crippen LogP contribution < -0.4 is 10.9 Å². The molecule has 1 heterocycles. The minimum atomic E-state index is -0.160. The van der Waals surface area contributed by atoms with Crippen LogP contribution in [0.4, 0.5) is 0 Å². The number of hydrogen-bond donors (Lipinski definition) is 1. The van der Waals surface area contributed by atoms with Crippen molar-refractivity contribution in [3.63, 3.8) is 0 Å². The van der Waals surface area contributed by atoms with E-state index in [4.69, 9.17) is 0 Å². The van der Waals surface area contributed by atoms with E-state index >= 15 is 0 Å². The first-order chi connectivity index (χ1) is 8.61. The Morgan fingerprint density at radius 3 is 3.00 bits per heavy atom. The second-order valence-corrected chi connectivity index (χ2v) is 4.57. The third-order valence-corrected chi connectivity index (χ3v) is 3.32. The standard InChI is InChI=1S/C13H17N3O2/c1-3-12(17)15-9-4-6-10-11(7-5-9)14-8-16(2)13(10)18/h3,8-9H,1,4-7H2,2H3,(H,15,17). The van der Waals surface area contributed by atoms with E-state index < -0.39 is 0 Å². The first-order valence-corrected chi connectivity index (χ1v) is 6.08. The zero-order chi connectivity index (χ0) is 13.1. The highest BCUT2D eigenvalue weighted by Crippen LogP contribution is 2.16. The zero-order valence-electron chi connectivity index (χ0n) is 10.5. The largest absolute Gasteiger partial charge is 0.350 e. The fourth-order valence-electron chi connectivity index (χ4n) is 2.27. The lowest BCUT2D eigenvalue weighted by molar-refractivity contribution is -0.117. The smallest absolute Gasteiger partial charge is 0.256 e. The number of nitrogens with zero attached hydrogens (tertiary/aromatic N) is 2. The summed E-state index contributed by atoms with van der Waals surface area (Å²) < 4.78 is 1.50. The number of hydrogen-bond acceptors (Lipinski definition) is 3. The zero-order valence-corrected chi connectivity index (χ0v) is 10.5. The van der Waals surface area contributed by atoms with Gasteiger partial charge >= 0.3 is 0 Å². The summed E-state index contributed by atoms with van der Waals surface area (Å²) >= 11 is 0. The summed E-state index contributed by atoms with van der Waals surface area (Å²) in [6, 6.07) is 0.0920. The highest BCUT2D eigenvalue weighted by molar-refractivity contribution is 5.87. The van der Waals surface area contributed by atoms with Gasteiger partial charge in [0.15, 0.2) is 0 Å². The Bertz CT molecular complexity index is 534. The summed E-state index contributed by atoms with van der Waals surface area (Å²) in [7, 11) is 1.71. The average molecular weight is 247 g/mol. The van der Waals surface area contributed by atoms with Gasteiger partial charge in [-0.2, -0.15) is 0 Å². The predicted octanol–water partition coefficient (Wildman–Crippen LogP) is 0.330. The fraction of sp³-hybridized carbons (Fsp3) is 0.462. The maximum absolute atomic E-state index is 12.0. The monoisotopic (exact) mass is 247 g/mol. The molecule has 1 amide bonds. The molecule has 1 aliphatic carbocycles. The topological polar surface area (TPSA) is 64.0 Å². The van der Waals surface area contributed by atoms with E-state index in [1.165, 1.54) is 10.6 Å². The van der Waals surface area contributed by atoms with Crippen LogP contribution in [0.2, 0.25) is 0 Å². The molecule has 0 fully saturated rings. The average Bonchev–Trinajstić information content (AvgIpc) is 2.57. The summed E-state index contributed by atoms with van der Waals surface area (Å²) in [6.45, 7) is 3.44. The maximum atomic E-state index is 12.0. The number of nitrogens with one attached hydrogen (secondary N) is 1. The molecule has 1 aromatic rings. The quantitative estimate of drug-likeness (QED) is 0.605. The lowest BCUT2D eigenvalue weighted by atomic mass is 10.1. The number of carbonyl (C=O) groups excluding carboxylic acids is 1. The highest BCUT2D eigenvalue weighted by atomic mass is 16.1. The molecular weight excluding hydrogens is 230 g/mol. The minimum Gasteiger partial charge on any atom is -0.350 e. The van der Waals surface area contributed by atoms with Gasteiger partial charge in [-0.15, -0.1) is 0 Å². The van der Waals surface area contributed by atoms with Crippen LogP contribution in [0.1, 0.15) is 24.1 Å². The molecule has 0 spiro atoms. The lowest BCUT2D eigenvalue weighted by Gasteiger charge is -2.14. The normalized spacial score (nSPS) is 18.6. The van der Waals surface area contributed by atoms with E-state index in [1.807, 2.05) is 0 Å². The molecule has 2 rings (SSSR count). The summed E-state index contributed by atoms with van der Waals surface area (Å²) in [5.74, 6) is -0.160. The molecule has 0 saturated carbocycles. The van der Waals surface area contributed by atoms with Crippen molar-refractivity contribution in [2.45, 2.75) is 31.7 Å². The summed E-state index contributed by atoms with van der Waals surface area (Å²) in [5, 5.41) is 2.88. The molecule has 1 aromatic heterocycles. The molecule has 0 aliphatic heterocycles. The van der Waals surface area contributed by atoms with E-state index in [1.54, 1.807) is 13.4 Å².